The van der Waals surface area contributed by atoms with E-state index in [4.69, 9.17) is 9.47 Å². The number of carbonyl (C=O) groups is 2. The predicted octanol–water partition coefficient (Wildman–Crippen LogP) is 4.29. The molecule has 0 saturated heterocycles. The van der Waals surface area contributed by atoms with Crippen LogP contribution in [0.25, 0.3) is 0 Å². The number of alkyl halides is 3. The minimum Gasteiger partial charge on any atom is -0.493 e. The molecule has 8 heteroatoms. The van der Waals surface area contributed by atoms with Crippen LogP contribution in [0, 0.1) is 0 Å². The number of rotatable bonds is 6. The molecule has 2 aromatic rings. The Morgan fingerprint density at radius 3 is 2.48 bits per heavy atom. The number of hydrogen-bond donors (Lipinski definition) is 1. The molecular formula is C19H18F3NO4. The molecule has 0 heterocycles. The van der Waals surface area contributed by atoms with Gasteiger partial charge in [0.1, 0.15) is 11.3 Å². The molecule has 0 spiro atoms. The van der Waals surface area contributed by atoms with Gasteiger partial charge in [0, 0.05) is 5.69 Å². The molecule has 2 rings (SSSR count). The maximum atomic E-state index is 12.7. The smallest absolute Gasteiger partial charge is 0.416 e. The van der Waals surface area contributed by atoms with Crippen LogP contribution in [-0.4, -0.2) is 24.6 Å². The summed E-state index contributed by atoms with van der Waals surface area (Å²) in [6.07, 6.45) is -5.75. The third-order valence-corrected chi connectivity index (χ3v) is 3.52. The van der Waals surface area contributed by atoms with Crippen LogP contribution in [0.4, 0.5) is 18.9 Å². The van der Waals surface area contributed by atoms with Gasteiger partial charge in [-0.05, 0) is 44.2 Å². The molecule has 1 unspecified atom stereocenters. The highest BCUT2D eigenvalue weighted by atomic mass is 19.4. The Morgan fingerprint density at radius 2 is 1.81 bits per heavy atom. The number of ether oxygens (including phenoxy) is 2. The number of esters is 1. The van der Waals surface area contributed by atoms with E-state index in [0.717, 1.165) is 12.1 Å². The summed E-state index contributed by atoms with van der Waals surface area (Å²) in [4.78, 5) is 24.4. The molecule has 0 aromatic heterocycles. The second-order valence-corrected chi connectivity index (χ2v) is 5.54. The number of benzene rings is 2. The van der Waals surface area contributed by atoms with E-state index in [1.54, 1.807) is 25.1 Å². The van der Waals surface area contributed by atoms with Crippen LogP contribution < -0.4 is 10.1 Å². The molecule has 0 aliphatic heterocycles. The Labute approximate surface area is 154 Å². The van der Waals surface area contributed by atoms with Gasteiger partial charge in [-0.25, -0.2) is 4.79 Å². The molecule has 27 heavy (non-hydrogen) atoms. The summed E-state index contributed by atoms with van der Waals surface area (Å²) in [5, 5.41) is 2.30. The minimum absolute atomic E-state index is 0.0487. The number of hydrogen-bond acceptors (Lipinski definition) is 4. The topological polar surface area (TPSA) is 64.6 Å². The van der Waals surface area contributed by atoms with Crippen molar-refractivity contribution in [3.63, 3.8) is 0 Å². The lowest BCUT2D eigenvalue weighted by Gasteiger charge is -2.15. The van der Waals surface area contributed by atoms with Crippen molar-refractivity contribution in [1.82, 2.24) is 0 Å². The first-order valence-corrected chi connectivity index (χ1v) is 8.13. The Morgan fingerprint density at radius 1 is 1.11 bits per heavy atom. The Kier molecular flexibility index (Phi) is 6.44. The van der Waals surface area contributed by atoms with Crippen LogP contribution in [0.15, 0.2) is 48.5 Å². The summed E-state index contributed by atoms with van der Waals surface area (Å²) in [6, 6.07) is 10.6. The highest BCUT2D eigenvalue weighted by Gasteiger charge is 2.30. The lowest BCUT2D eigenvalue weighted by atomic mass is 10.2. The van der Waals surface area contributed by atoms with Crippen molar-refractivity contribution in [3.8, 4) is 5.75 Å². The maximum Gasteiger partial charge on any atom is 0.416 e. The second kappa shape index (κ2) is 8.57. The first-order valence-electron chi connectivity index (χ1n) is 8.13. The zero-order chi connectivity index (χ0) is 20.0. The van der Waals surface area contributed by atoms with Crippen LogP contribution in [-0.2, 0) is 15.7 Å². The molecular weight excluding hydrogens is 363 g/mol. The average molecular weight is 381 g/mol. The van der Waals surface area contributed by atoms with Crippen LogP contribution >= 0.6 is 0 Å². The molecule has 5 nitrogen and oxygen atoms in total. The Balaban J connectivity index is 2.05. The highest BCUT2D eigenvalue weighted by molar-refractivity contribution is 5.98. The molecule has 1 N–H and O–H groups in total. The summed E-state index contributed by atoms with van der Waals surface area (Å²) in [5.41, 5.74) is -0.791. The normalized spacial score (nSPS) is 12.2. The fourth-order valence-electron chi connectivity index (χ4n) is 2.21. The van der Waals surface area contributed by atoms with Gasteiger partial charge in [0.2, 0.25) is 0 Å². The van der Waals surface area contributed by atoms with Gasteiger partial charge in [0.25, 0.3) is 5.91 Å². The van der Waals surface area contributed by atoms with E-state index in [0.29, 0.717) is 12.4 Å². The van der Waals surface area contributed by atoms with E-state index in [-0.39, 0.29) is 11.3 Å². The van der Waals surface area contributed by atoms with Crippen molar-refractivity contribution < 1.29 is 32.2 Å². The SMILES string of the molecule is CCOc1ccccc1C(=O)OC(C)C(=O)Nc1cccc(C(F)(F)F)c1. The second-order valence-electron chi connectivity index (χ2n) is 5.54. The van der Waals surface area contributed by atoms with Crippen molar-refractivity contribution in [3.05, 3.63) is 59.7 Å². The van der Waals surface area contributed by atoms with E-state index in [2.05, 4.69) is 5.32 Å². The number of halogens is 3. The van der Waals surface area contributed by atoms with Crippen molar-refractivity contribution in [2.45, 2.75) is 26.1 Å². The standard InChI is InChI=1S/C19H18F3NO4/c1-3-26-16-10-5-4-9-15(16)18(25)27-12(2)17(24)23-14-8-6-7-13(11-14)19(20,21)22/h4-12H,3H2,1-2H3,(H,23,24). The van der Waals surface area contributed by atoms with Crippen molar-refractivity contribution in [2.75, 3.05) is 11.9 Å². The molecule has 1 amide bonds. The number of anilines is 1. The van der Waals surface area contributed by atoms with Crippen LogP contribution in [0.1, 0.15) is 29.8 Å². The Bertz CT molecular complexity index is 821. The van der Waals surface area contributed by atoms with Gasteiger partial charge in [-0.2, -0.15) is 13.2 Å². The Hall–Kier alpha value is -3.03. The van der Waals surface area contributed by atoms with E-state index < -0.39 is 29.7 Å². The van der Waals surface area contributed by atoms with Gasteiger partial charge >= 0.3 is 12.1 Å². The third-order valence-electron chi connectivity index (χ3n) is 3.52. The molecule has 144 valence electrons. The summed E-state index contributed by atoms with van der Waals surface area (Å²) >= 11 is 0. The molecule has 0 saturated carbocycles. The number of amides is 1. The van der Waals surface area contributed by atoms with Crippen LogP contribution in [0.5, 0.6) is 5.75 Å². The molecule has 1 atom stereocenters. The number of nitrogens with one attached hydrogen (secondary N) is 1. The largest absolute Gasteiger partial charge is 0.493 e. The fraction of sp³-hybridized carbons (Fsp3) is 0.263. The first kappa shape index (κ1) is 20.3. The van der Waals surface area contributed by atoms with Gasteiger partial charge in [-0.3, -0.25) is 4.79 Å². The van der Waals surface area contributed by atoms with Crippen LogP contribution in [0.3, 0.4) is 0 Å². The van der Waals surface area contributed by atoms with Crippen molar-refractivity contribution in [1.29, 1.82) is 0 Å². The number of carbonyl (C=O) groups excluding carboxylic acids is 2. The van der Waals surface area contributed by atoms with E-state index >= 15 is 0 Å². The van der Waals surface area contributed by atoms with E-state index in [9.17, 15) is 22.8 Å². The third kappa shape index (κ3) is 5.47. The quantitative estimate of drug-likeness (QED) is 0.759. The van der Waals surface area contributed by atoms with Gasteiger partial charge in [0.15, 0.2) is 6.10 Å². The first-order chi connectivity index (χ1) is 12.7. The predicted molar refractivity (Wildman–Crippen MR) is 92.6 cm³/mol. The zero-order valence-corrected chi connectivity index (χ0v) is 14.7. The van der Waals surface area contributed by atoms with Crippen LogP contribution in [0.2, 0.25) is 0 Å². The van der Waals surface area contributed by atoms with Gasteiger partial charge in [-0.15, -0.1) is 0 Å². The van der Waals surface area contributed by atoms with Crippen molar-refractivity contribution in [2.24, 2.45) is 0 Å². The van der Waals surface area contributed by atoms with E-state index in [1.807, 2.05) is 0 Å². The van der Waals surface area contributed by atoms with Gasteiger partial charge < -0.3 is 14.8 Å². The maximum absolute atomic E-state index is 12.7. The van der Waals surface area contributed by atoms with Crippen molar-refractivity contribution >= 4 is 17.6 Å². The monoisotopic (exact) mass is 381 g/mol. The molecule has 0 bridgehead atoms. The zero-order valence-electron chi connectivity index (χ0n) is 14.7. The lowest BCUT2D eigenvalue weighted by Crippen LogP contribution is -2.30. The molecule has 0 aliphatic carbocycles. The molecule has 0 fully saturated rings. The summed E-state index contributed by atoms with van der Waals surface area (Å²) in [5.74, 6) is -1.21. The minimum atomic E-state index is -4.53. The number of para-hydroxylation sites is 1. The summed E-state index contributed by atoms with van der Waals surface area (Å²) in [6.45, 7) is 3.42. The fourth-order valence-corrected chi connectivity index (χ4v) is 2.21. The van der Waals surface area contributed by atoms with Gasteiger partial charge in [0.05, 0.1) is 12.2 Å². The van der Waals surface area contributed by atoms with E-state index in [1.165, 1.54) is 25.1 Å². The average Bonchev–Trinajstić information content (AvgIpc) is 2.61. The molecule has 0 radical (unpaired) electrons. The van der Waals surface area contributed by atoms with Gasteiger partial charge in [-0.1, -0.05) is 18.2 Å². The molecule has 2 aromatic carbocycles. The molecule has 0 aliphatic rings. The summed E-state index contributed by atoms with van der Waals surface area (Å²) < 4.78 is 48.6. The highest BCUT2D eigenvalue weighted by Crippen LogP contribution is 2.30. The summed E-state index contributed by atoms with van der Waals surface area (Å²) in [7, 11) is 0. The lowest BCUT2D eigenvalue weighted by molar-refractivity contribution is -0.137.